The predicted molar refractivity (Wildman–Crippen MR) is 113 cm³/mol. The normalized spacial score (nSPS) is 14.2. The summed E-state index contributed by atoms with van der Waals surface area (Å²) in [5, 5.41) is 24.6. The summed E-state index contributed by atoms with van der Waals surface area (Å²) in [4.78, 5) is 77.8. The lowest BCUT2D eigenvalue weighted by molar-refractivity contribution is -0.143. The lowest BCUT2D eigenvalue weighted by Gasteiger charge is -2.24. The third kappa shape index (κ3) is 9.61. The first-order valence-electron chi connectivity index (χ1n) is 9.98. The molecule has 0 spiro atoms. The highest BCUT2D eigenvalue weighted by atomic mass is 16.4. The Bertz CT molecular complexity index is 891. The summed E-state index contributed by atoms with van der Waals surface area (Å²) < 4.78 is 0. The zero-order chi connectivity index (χ0) is 25.8. The molecule has 12 N–H and O–H groups in total. The van der Waals surface area contributed by atoms with Crippen molar-refractivity contribution in [1.82, 2.24) is 25.9 Å². The van der Waals surface area contributed by atoms with E-state index in [0.717, 1.165) is 0 Å². The molecule has 0 bridgehead atoms. The molecule has 1 aromatic heterocycles. The smallest absolute Gasteiger partial charge is 0.328 e. The van der Waals surface area contributed by atoms with Crippen molar-refractivity contribution >= 4 is 35.5 Å². The molecule has 0 aromatic carbocycles. The lowest BCUT2D eigenvalue weighted by Crippen LogP contribution is -2.58. The number of imidazole rings is 1. The number of H-pyrrole nitrogens is 1. The van der Waals surface area contributed by atoms with Crippen LogP contribution in [-0.4, -0.2) is 86.5 Å². The molecule has 0 radical (unpaired) electrons. The average molecular weight is 484 g/mol. The summed E-state index contributed by atoms with van der Waals surface area (Å²) in [6.07, 6.45) is 1.52. The van der Waals surface area contributed by atoms with E-state index in [9.17, 15) is 28.8 Å². The Morgan fingerprint density at radius 2 is 1.53 bits per heavy atom. The number of nitrogens with zero attached hydrogens (tertiary/aromatic N) is 1. The minimum atomic E-state index is -1.68. The molecule has 0 aliphatic rings. The number of nitrogens with one attached hydrogen (secondary N) is 4. The van der Waals surface area contributed by atoms with Crippen LogP contribution >= 0.6 is 0 Å². The second-order valence-electron chi connectivity index (χ2n) is 7.27. The number of aliphatic hydroxyl groups excluding tert-OH is 1. The van der Waals surface area contributed by atoms with Gasteiger partial charge in [-0.2, -0.15) is 0 Å². The van der Waals surface area contributed by atoms with Crippen LogP contribution in [0.4, 0.5) is 0 Å². The van der Waals surface area contributed by atoms with Gasteiger partial charge in [-0.1, -0.05) is 0 Å². The summed E-state index contributed by atoms with van der Waals surface area (Å²) >= 11 is 0. The van der Waals surface area contributed by atoms with Gasteiger partial charge < -0.3 is 48.3 Å². The molecule has 0 saturated carbocycles. The van der Waals surface area contributed by atoms with Gasteiger partial charge in [0, 0.05) is 24.7 Å². The molecule has 1 heterocycles. The van der Waals surface area contributed by atoms with Crippen LogP contribution in [0, 0.1) is 0 Å². The van der Waals surface area contributed by atoms with E-state index < -0.39 is 72.7 Å². The quantitative estimate of drug-likeness (QED) is 0.114. The SMILES string of the molecule is NC(=O)CCC(NC(=O)C(CC(N)=O)NC(=O)C(N)Cc1cnc[nH]1)C(=O)NC(CO)C(=O)O. The van der Waals surface area contributed by atoms with Gasteiger partial charge in [-0.25, -0.2) is 9.78 Å². The fourth-order valence-electron chi connectivity index (χ4n) is 2.70. The molecule has 16 nitrogen and oxygen atoms in total. The van der Waals surface area contributed by atoms with Gasteiger partial charge in [0.05, 0.1) is 25.4 Å². The number of carbonyl (C=O) groups excluding carboxylic acids is 5. The summed E-state index contributed by atoms with van der Waals surface area (Å²) in [5.41, 5.74) is 16.6. The number of primary amides is 2. The Morgan fingerprint density at radius 1 is 0.941 bits per heavy atom. The molecule has 0 aliphatic heterocycles. The van der Waals surface area contributed by atoms with Crippen LogP contribution in [0.3, 0.4) is 0 Å². The van der Waals surface area contributed by atoms with Gasteiger partial charge in [-0.3, -0.25) is 24.0 Å². The summed E-state index contributed by atoms with van der Waals surface area (Å²) in [7, 11) is 0. The molecule has 4 atom stereocenters. The van der Waals surface area contributed by atoms with Gasteiger partial charge in [0.2, 0.25) is 29.5 Å². The second kappa shape index (κ2) is 13.5. The van der Waals surface area contributed by atoms with Gasteiger partial charge in [0.1, 0.15) is 18.1 Å². The number of aliphatic carboxylic acids is 1. The van der Waals surface area contributed by atoms with Gasteiger partial charge in [0.15, 0.2) is 0 Å². The van der Waals surface area contributed by atoms with Gasteiger partial charge >= 0.3 is 5.97 Å². The molecule has 0 aliphatic carbocycles. The maximum Gasteiger partial charge on any atom is 0.328 e. The van der Waals surface area contributed by atoms with Crippen LogP contribution in [0.15, 0.2) is 12.5 Å². The number of aromatic nitrogens is 2. The average Bonchev–Trinajstić information content (AvgIpc) is 3.26. The van der Waals surface area contributed by atoms with E-state index in [1.807, 2.05) is 5.32 Å². The maximum absolute atomic E-state index is 12.8. The van der Waals surface area contributed by atoms with Crippen molar-refractivity contribution in [2.45, 2.75) is 49.9 Å². The summed E-state index contributed by atoms with van der Waals surface area (Å²) in [6.45, 7) is -0.938. The highest BCUT2D eigenvalue weighted by molar-refractivity contribution is 5.96. The number of hydrogen-bond donors (Lipinski definition) is 9. The van der Waals surface area contributed by atoms with Crippen LogP contribution in [0.25, 0.3) is 0 Å². The largest absolute Gasteiger partial charge is 0.480 e. The van der Waals surface area contributed by atoms with Crippen LogP contribution in [0.1, 0.15) is 25.0 Å². The molecule has 4 unspecified atom stereocenters. The number of carbonyl (C=O) groups is 6. The monoisotopic (exact) mass is 484 g/mol. The zero-order valence-electron chi connectivity index (χ0n) is 18.0. The number of nitrogens with two attached hydrogens (primary N) is 3. The second-order valence-corrected chi connectivity index (χ2v) is 7.27. The fraction of sp³-hybridized carbons (Fsp3) is 0.500. The molecule has 16 heteroatoms. The van der Waals surface area contributed by atoms with Gasteiger partial charge in [-0.05, 0) is 6.42 Å². The molecule has 34 heavy (non-hydrogen) atoms. The Labute approximate surface area is 193 Å². The number of carboxylic acid groups (broad SMARTS) is 1. The first kappa shape index (κ1) is 28.0. The van der Waals surface area contributed by atoms with E-state index >= 15 is 0 Å². The Morgan fingerprint density at radius 3 is 2.03 bits per heavy atom. The molecule has 188 valence electrons. The van der Waals surface area contributed by atoms with Crippen molar-refractivity contribution in [3.8, 4) is 0 Å². The minimum absolute atomic E-state index is 0.0398. The number of rotatable bonds is 15. The van der Waals surface area contributed by atoms with E-state index in [1.54, 1.807) is 0 Å². The summed E-state index contributed by atoms with van der Waals surface area (Å²) in [5.74, 6) is -6.18. The van der Waals surface area contributed by atoms with Crippen LogP contribution in [0.5, 0.6) is 0 Å². The van der Waals surface area contributed by atoms with Gasteiger partial charge in [0.25, 0.3) is 0 Å². The standard InChI is InChI=1S/C18H28N8O8/c19-9(3-8-5-22-7-23-8)15(30)25-11(4-14(21)29)17(32)24-10(1-2-13(20)28)16(31)26-12(6-27)18(33)34/h5,7,9-12,27H,1-4,6,19H2,(H2,20,28)(H2,21,29)(H,22,23)(H,24,32)(H,25,30)(H,26,31)(H,33,34). The number of aliphatic hydroxyl groups is 1. The molecular formula is C18H28N8O8. The number of amides is 5. The van der Waals surface area contributed by atoms with E-state index in [0.29, 0.717) is 5.69 Å². The van der Waals surface area contributed by atoms with Crippen molar-refractivity contribution in [3.63, 3.8) is 0 Å². The van der Waals surface area contributed by atoms with Crippen molar-refractivity contribution in [3.05, 3.63) is 18.2 Å². The molecule has 0 fully saturated rings. The Hall–Kier alpha value is -4.05. The highest BCUT2D eigenvalue weighted by Crippen LogP contribution is 2.03. The third-order valence-corrected chi connectivity index (χ3v) is 4.48. The molecule has 5 amide bonds. The Kier molecular flexibility index (Phi) is 11.1. The van der Waals surface area contributed by atoms with Crippen LogP contribution in [0.2, 0.25) is 0 Å². The molecule has 1 rings (SSSR count). The topological polar surface area (TPSA) is 286 Å². The van der Waals surface area contributed by atoms with Crippen LogP contribution < -0.4 is 33.2 Å². The van der Waals surface area contributed by atoms with Crippen molar-refractivity contribution in [1.29, 1.82) is 0 Å². The van der Waals surface area contributed by atoms with Crippen LogP contribution in [-0.2, 0) is 35.2 Å². The van der Waals surface area contributed by atoms with E-state index in [2.05, 4.69) is 20.6 Å². The van der Waals surface area contributed by atoms with E-state index in [1.165, 1.54) is 12.5 Å². The minimum Gasteiger partial charge on any atom is -0.480 e. The van der Waals surface area contributed by atoms with E-state index in [4.69, 9.17) is 27.4 Å². The first-order chi connectivity index (χ1) is 15.9. The van der Waals surface area contributed by atoms with Gasteiger partial charge in [-0.15, -0.1) is 0 Å². The van der Waals surface area contributed by atoms with Crippen molar-refractivity contribution in [2.75, 3.05) is 6.61 Å². The molecular weight excluding hydrogens is 456 g/mol. The number of carboxylic acids is 1. The fourth-order valence-corrected chi connectivity index (χ4v) is 2.70. The Balaban J connectivity index is 2.95. The van der Waals surface area contributed by atoms with Crippen molar-refractivity contribution in [2.24, 2.45) is 17.2 Å². The molecule has 0 saturated heterocycles. The van der Waals surface area contributed by atoms with E-state index in [-0.39, 0.29) is 19.3 Å². The number of aromatic amines is 1. The first-order valence-corrected chi connectivity index (χ1v) is 9.98. The predicted octanol–water partition coefficient (Wildman–Crippen LogP) is -5.05. The highest BCUT2D eigenvalue weighted by Gasteiger charge is 2.31. The number of hydrogen-bond acceptors (Lipinski definition) is 9. The lowest BCUT2D eigenvalue weighted by atomic mass is 10.1. The maximum atomic E-state index is 12.8. The van der Waals surface area contributed by atoms with Crippen molar-refractivity contribution < 1.29 is 39.0 Å². The third-order valence-electron chi connectivity index (χ3n) is 4.48. The zero-order valence-corrected chi connectivity index (χ0v) is 18.0. The summed E-state index contributed by atoms with van der Waals surface area (Å²) in [6, 6.07) is -5.82. The molecule has 1 aromatic rings.